The Morgan fingerprint density at radius 1 is 1.08 bits per heavy atom. The van der Waals surface area contributed by atoms with E-state index in [0.717, 1.165) is 6.20 Å². The van der Waals surface area contributed by atoms with Crippen LogP contribution in [0.3, 0.4) is 0 Å². The van der Waals surface area contributed by atoms with Crippen LogP contribution in [0.25, 0.3) is 22.9 Å². The molecular weight excluding hydrogens is 535 g/mol. The number of nitrogens with zero attached hydrogens (tertiary/aromatic N) is 5. The van der Waals surface area contributed by atoms with Crippen molar-refractivity contribution < 1.29 is 34.9 Å². The summed E-state index contributed by atoms with van der Waals surface area (Å²) >= 11 is 0. The molecule has 4 aromatic rings. The molecule has 0 atom stereocenters. The van der Waals surface area contributed by atoms with Gasteiger partial charge in [-0.15, -0.1) is 0 Å². The molecule has 3 heterocycles. The summed E-state index contributed by atoms with van der Waals surface area (Å²) in [6.45, 7) is -0.209. The highest BCUT2D eigenvalue weighted by Gasteiger charge is 2.54. The van der Waals surface area contributed by atoms with Crippen LogP contribution in [0, 0.1) is 17.0 Å². The number of hydrogen-bond acceptors (Lipinski definition) is 8. The predicted octanol–water partition coefficient (Wildman–Crippen LogP) is 4.45. The van der Waals surface area contributed by atoms with E-state index in [2.05, 4.69) is 25.5 Å². The molecule has 0 saturated heterocycles. The summed E-state index contributed by atoms with van der Waals surface area (Å²) < 4.78 is 96.8. The van der Waals surface area contributed by atoms with Gasteiger partial charge in [0.2, 0.25) is 9.84 Å². The van der Waals surface area contributed by atoms with Crippen LogP contribution >= 0.6 is 0 Å². The Labute approximate surface area is 212 Å². The number of aromatic nitrogens is 5. The molecule has 1 aliphatic carbocycles. The minimum absolute atomic E-state index is 0.0252. The second-order valence-corrected chi connectivity index (χ2v) is 11.0. The molecular formula is C23H19F5N6O3S. The summed E-state index contributed by atoms with van der Waals surface area (Å²) in [5.41, 5.74) is -5.18. The molecule has 0 unspecified atom stereocenters. The Morgan fingerprint density at radius 2 is 1.84 bits per heavy atom. The van der Waals surface area contributed by atoms with Gasteiger partial charge < -0.3 is 9.84 Å². The van der Waals surface area contributed by atoms with Crippen LogP contribution in [0.15, 0.2) is 53.4 Å². The molecule has 9 nitrogen and oxygen atoms in total. The minimum Gasteiger partial charge on any atom is -0.367 e. The molecule has 0 spiro atoms. The van der Waals surface area contributed by atoms with Crippen LogP contribution in [0.2, 0.25) is 0 Å². The van der Waals surface area contributed by atoms with E-state index >= 15 is 0 Å². The van der Waals surface area contributed by atoms with Gasteiger partial charge in [0.05, 0.1) is 24.2 Å². The lowest BCUT2D eigenvalue weighted by atomic mass is 10.1. The van der Waals surface area contributed by atoms with E-state index in [-0.39, 0.29) is 43.3 Å². The second kappa shape index (κ2) is 9.45. The average Bonchev–Trinajstić information content (AvgIpc) is 3.22. The first-order valence-corrected chi connectivity index (χ1v) is 12.9. The van der Waals surface area contributed by atoms with Gasteiger partial charge in [-0.3, -0.25) is 4.68 Å². The summed E-state index contributed by atoms with van der Waals surface area (Å²) in [6.07, 6.45) is 2.67. The summed E-state index contributed by atoms with van der Waals surface area (Å²) in [4.78, 5) is 8.07. The van der Waals surface area contributed by atoms with Crippen LogP contribution in [0.4, 0.5) is 27.8 Å². The maximum absolute atomic E-state index is 14.5. The van der Waals surface area contributed by atoms with Crippen LogP contribution in [-0.4, -0.2) is 51.1 Å². The minimum atomic E-state index is -5.36. The largest absolute Gasteiger partial charge is 0.497 e. The fourth-order valence-corrected chi connectivity index (χ4v) is 5.27. The van der Waals surface area contributed by atoms with Crippen LogP contribution < -0.4 is 5.32 Å². The fourth-order valence-electron chi connectivity index (χ4n) is 3.90. The summed E-state index contributed by atoms with van der Waals surface area (Å²) in [7, 11) is -5.33. The standard InChI is InChI=1S/C23H19F5N6O3S/c24-15-4-2-1-3-14(15)11-34-19(17-5-8-37-33-17)9-18(32-34)21-29-10-16(25)20(31-21)30-12-22(6-7-22)13-38(35,36)23(26,27)28/h1-5,8-10H,6-7,11-13H2,(H,29,30,31). The Morgan fingerprint density at radius 3 is 2.50 bits per heavy atom. The normalized spacial score (nSPS) is 15.0. The second-order valence-electron chi connectivity index (χ2n) is 9.00. The molecule has 0 aliphatic heterocycles. The van der Waals surface area contributed by atoms with Gasteiger partial charge in [0.1, 0.15) is 23.5 Å². The number of anilines is 1. The van der Waals surface area contributed by atoms with Crippen molar-refractivity contribution in [3.05, 3.63) is 66.1 Å². The van der Waals surface area contributed by atoms with Gasteiger partial charge in [-0.25, -0.2) is 27.2 Å². The van der Waals surface area contributed by atoms with Crippen molar-refractivity contribution >= 4 is 15.7 Å². The zero-order valence-electron chi connectivity index (χ0n) is 19.4. The Balaban J connectivity index is 1.41. The number of sulfone groups is 1. The number of nitrogens with one attached hydrogen (secondary N) is 1. The lowest BCUT2D eigenvalue weighted by Crippen LogP contribution is -2.33. The van der Waals surface area contributed by atoms with Crippen molar-refractivity contribution in [1.29, 1.82) is 0 Å². The quantitative estimate of drug-likeness (QED) is 0.302. The molecule has 15 heteroatoms. The van der Waals surface area contributed by atoms with Crippen LogP contribution in [-0.2, 0) is 16.4 Å². The van der Waals surface area contributed by atoms with Crippen molar-refractivity contribution in [3.8, 4) is 22.9 Å². The van der Waals surface area contributed by atoms with Gasteiger partial charge in [-0.2, -0.15) is 18.3 Å². The number of hydrogen-bond donors (Lipinski definition) is 1. The molecule has 1 aliphatic rings. The topological polar surface area (TPSA) is 116 Å². The SMILES string of the molecule is O=S(=O)(CC1(CNc2nc(-c3cc(-c4ccon4)n(Cc4ccccc4F)n3)ncc2F)CC1)C(F)(F)F. The Kier molecular flexibility index (Phi) is 6.41. The van der Waals surface area contributed by atoms with Crippen molar-refractivity contribution in [2.45, 2.75) is 24.9 Å². The third-order valence-electron chi connectivity index (χ3n) is 6.17. The van der Waals surface area contributed by atoms with E-state index < -0.39 is 38.1 Å². The highest BCUT2D eigenvalue weighted by Crippen LogP contribution is 2.48. The highest BCUT2D eigenvalue weighted by atomic mass is 32.2. The molecule has 0 amide bonds. The smallest absolute Gasteiger partial charge is 0.367 e. The number of rotatable bonds is 9. The summed E-state index contributed by atoms with van der Waals surface area (Å²) in [5.74, 6) is -2.78. The van der Waals surface area contributed by atoms with E-state index in [0.29, 0.717) is 17.0 Å². The first-order chi connectivity index (χ1) is 18.0. The third-order valence-corrected chi connectivity index (χ3v) is 7.87. The lowest BCUT2D eigenvalue weighted by Gasteiger charge is -2.18. The lowest BCUT2D eigenvalue weighted by molar-refractivity contribution is -0.0439. The van der Waals surface area contributed by atoms with E-state index in [1.807, 2.05) is 0 Å². The number of alkyl halides is 3. The van der Waals surface area contributed by atoms with Crippen LogP contribution in [0.1, 0.15) is 18.4 Å². The molecule has 5 rings (SSSR count). The molecule has 3 aromatic heterocycles. The van der Waals surface area contributed by atoms with E-state index in [1.165, 1.54) is 17.0 Å². The molecule has 1 aromatic carbocycles. The highest BCUT2D eigenvalue weighted by molar-refractivity contribution is 7.92. The van der Waals surface area contributed by atoms with E-state index in [1.54, 1.807) is 30.3 Å². The zero-order valence-corrected chi connectivity index (χ0v) is 20.2. The molecule has 1 N–H and O–H groups in total. The average molecular weight is 555 g/mol. The van der Waals surface area contributed by atoms with Gasteiger partial charge in [0.25, 0.3) is 0 Å². The van der Waals surface area contributed by atoms with Crippen molar-refractivity contribution in [2.75, 3.05) is 17.6 Å². The third kappa shape index (κ3) is 5.23. The molecule has 1 saturated carbocycles. The zero-order chi connectivity index (χ0) is 27.1. The monoisotopic (exact) mass is 554 g/mol. The molecule has 200 valence electrons. The summed E-state index contributed by atoms with van der Waals surface area (Å²) in [5, 5.41) is 10.9. The van der Waals surface area contributed by atoms with Gasteiger partial charge in [0.15, 0.2) is 17.5 Å². The van der Waals surface area contributed by atoms with E-state index in [4.69, 9.17) is 4.52 Å². The maximum atomic E-state index is 14.5. The molecule has 38 heavy (non-hydrogen) atoms. The number of halogens is 5. The maximum Gasteiger partial charge on any atom is 0.497 e. The first kappa shape index (κ1) is 25.8. The fraction of sp³-hybridized carbons (Fsp3) is 0.304. The molecule has 1 fully saturated rings. The van der Waals surface area contributed by atoms with Crippen LogP contribution in [0.5, 0.6) is 0 Å². The van der Waals surface area contributed by atoms with Crippen molar-refractivity contribution in [2.24, 2.45) is 5.41 Å². The van der Waals surface area contributed by atoms with Crippen molar-refractivity contribution in [3.63, 3.8) is 0 Å². The molecule has 0 bridgehead atoms. The first-order valence-electron chi connectivity index (χ1n) is 11.2. The van der Waals surface area contributed by atoms with Gasteiger partial charge >= 0.3 is 5.51 Å². The Hall–Kier alpha value is -3.88. The predicted molar refractivity (Wildman–Crippen MR) is 124 cm³/mol. The summed E-state index contributed by atoms with van der Waals surface area (Å²) in [6, 6.07) is 9.24. The van der Waals surface area contributed by atoms with Gasteiger partial charge in [-0.1, -0.05) is 23.4 Å². The Bertz CT molecular complexity index is 1570. The van der Waals surface area contributed by atoms with Gasteiger partial charge in [0, 0.05) is 23.6 Å². The van der Waals surface area contributed by atoms with Crippen molar-refractivity contribution in [1.82, 2.24) is 24.9 Å². The van der Waals surface area contributed by atoms with Gasteiger partial charge in [-0.05, 0) is 25.0 Å². The number of benzene rings is 1. The van der Waals surface area contributed by atoms with E-state index in [9.17, 15) is 30.4 Å². The molecule has 0 radical (unpaired) electrons.